The number of aliphatic hydroxyl groups excluding tert-OH is 1. The van der Waals surface area contributed by atoms with Crippen LogP contribution in [0.15, 0.2) is 0 Å². The van der Waals surface area contributed by atoms with Gasteiger partial charge in [0.25, 0.3) is 0 Å². The first-order valence-electron chi connectivity index (χ1n) is 4.74. The molecule has 0 aliphatic heterocycles. The fourth-order valence-corrected chi connectivity index (χ4v) is 0.729. The summed E-state index contributed by atoms with van der Waals surface area (Å²) >= 11 is 0. The summed E-state index contributed by atoms with van der Waals surface area (Å²) in [6.45, 7) is 9.30. The van der Waals surface area contributed by atoms with E-state index in [2.05, 4.69) is 0 Å². The maximum absolute atomic E-state index is 8.95. The van der Waals surface area contributed by atoms with Gasteiger partial charge in [-0.3, -0.25) is 0 Å². The van der Waals surface area contributed by atoms with Gasteiger partial charge in [0.05, 0.1) is 13.2 Å². The lowest BCUT2D eigenvalue weighted by molar-refractivity contribution is 0.0227. The van der Waals surface area contributed by atoms with Crippen LogP contribution in [0.25, 0.3) is 0 Å². The highest BCUT2D eigenvalue weighted by atomic mass is 16.5. The van der Waals surface area contributed by atoms with E-state index in [1.54, 1.807) is 0 Å². The van der Waals surface area contributed by atoms with Gasteiger partial charge < -0.3 is 15.6 Å². The van der Waals surface area contributed by atoms with Crippen molar-refractivity contribution < 1.29 is 9.84 Å². The third-order valence-electron chi connectivity index (χ3n) is 1.81. The molecule has 0 amide bonds. The minimum absolute atomic E-state index is 0.140. The Morgan fingerprint density at radius 1 is 1.23 bits per heavy atom. The quantitative estimate of drug-likeness (QED) is 0.616. The number of hydrogen-bond acceptors (Lipinski definition) is 3. The van der Waals surface area contributed by atoms with Crippen molar-refractivity contribution in [2.75, 3.05) is 19.8 Å². The van der Waals surface area contributed by atoms with Gasteiger partial charge in [-0.1, -0.05) is 13.8 Å². The summed E-state index contributed by atoms with van der Waals surface area (Å²) in [5, 5.41) is 8.95. The maximum Gasteiger partial charge on any atom is 0.0539 e. The van der Waals surface area contributed by atoms with Crippen LogP contribution in [-0.2, 0) is 4.74 Å². The molecule has 3 nitrogen and oxygen atoms in total. The molecule has 0 aromatic rings. The van der Waals surface area contributed by atoms with Gasteiger partial charge in [0.2, 0.25) is 0 Å². The molecule has 0 aromatic carbocycles. The number of rotatable bonds is 6. The van der Waals surface area contributed by atoms with Gasteiger partial charge in [-0.05, 0) is 20.3 Å². The van der Waals surface area contributed by atoms with Crippen molar-refractivity contribution >= 4 is 0 Å². The molecule has 0 atom stereocenters. The Bertz CT molecular complexity index is 138. The molecule has 0 bridgehead atoms. The van der Waals surface area contributed by atoms with Crippen LogP contribution < -0.4 is 5.73 Å². The molecule has 0 radical (unpaired) electrons. The lowest BCUT2D eigenvalue weighted by Crippen LogP contribution is -2.34. The highest BCUT2D eigenvalue weighted by molar-refractivity contribution is 4.71. The molecule has 3 heteroatoms. The van der Waals surface area contributed by atoms with E-state index in [4.69, 9.17) is 15.6 Å². The standard InChI is InChI=1S/C10H23NO2/c1-9(2,7-12)8-13-6-5-10(3,4)11/h12H,5-8,11H2,1-4H3. The molecule has 13 heavy (non-hydrogen) atoms. The largest absolute Gasteiger partial charge is 0.396 e. The van der Waals surface area contributed by atoms with Crippen LogP contribution in [0.5, 0.6) is 0 Å². The van der Waals surface area contributed by atoms with Crippen LogP contribution in [0, 0.1) is 5.41 Å². The zero-order valence-corrected chi connectivity index (χ0v) is 9.26. The Morgan fingerprint density at radius 2 is 1.77 bits per heavy atom. The van der Waals surface area contributed by atoms with E-state index in [0.29, 0.717) is 13.2 Å². The van der Waals surface area contributed by atoms with Crippen molar-refractivity contribution in [2.45, 2.75) is 39.7 Å². The second kappa shape index (κ2) is 4.94. The van der Waals surface area contributed by atoms with E-state index in [1.165, 1.54) is 0 Å². The van der Waals surface area contributed by atoms with Gasteiger partial charge in [0.1, 0.15) is 0 Å². The van der Waals surface area contributed by atoms with Crippen molar-refractivity contribution in [3.8, 4) is 0 Å². The lowest BCUT2D eigenvalue weighted by Gasteiger charge is -2.23. The highest BCUT2D eigenvalue weighted by Crippen LogP contribution is 2.14. The molecule has 0 rings (SSSR count). The Kier molecular flexibility index (Phi) is 4.89. The molecule has 0 saturated heterocycles. The minimum Gasteiger partial charge on any atom is -0.396 e. The van der Waals surface area contributed by atoms with Crippen LogP contribution in [0.4, 0.5) is 0 Å². The van der Waals surface area contributed by atoms with Gasteiger partial charge in [0, 0.05) is 17.6 Å². The average Bonchev–Trinajstić information content (AvgIpc) is 1.97. The topological polar surface area (TPSA) is 55.5 Å². The van der Waals surface area contributed by atoms with Crippen molar-refractivity contribution in [1.82, 2.24) is 0 Å². The summed E-state index contributed by atoms with van der Waals surface area (Å²) in [4.78, 5) is 0. The number of nitrogens with two attached hydrogens (primary N) is 1. The first kappa shape index (κ1) is 12.9. The van der Waals surface area contributed by atoms with Crippen molar-refractivity contribution in [1.29, 1.82) is 0 Å². The molecule has 0 unspecified atom stereocenters. The first-order valence-corrected chi connectivity index (χ1v) is 4.74. The fourth-order valence-electron chi connectivity index (χ4n) is 0.729. The number of hydrogen-bond donors (Lipinski definition) is 2. The lowest BCUT2D eigenvalue weighted by atomic mass is 9.96. The summed E-state index contributed by atoms with van der Waals surface area (Å²) in [7, 11) is 0. The second-order valence-corrected chi connectivity index (χ2v) is 5.11. The molecule has 0 saturated carbocycles. The molecule has 0 fully saturated rings. The van der Waals surface area contributed by atoms with Crippen LogP contribution in [0.3, 0.4) is 0 Å². The van der Waals surface area contributed by atoms with E-state index in [0.717, 1.165) is 6.42 Å². The van der Waals surface area contributed by atoms with E-state index in [1.807, 2.05) is 27.7 Å². The monoisotopic (exact) mass is 189 g/mol. The van der Waals surface area contributed by atoms with Crippen molar-refractivity contribution in [2.24, 2.45) is 11.1 Å². The van der Waals surface area contributed by atoms with Crippen LogP contribution in [0.1, 0.15) is 34.1 Å². The molecule has 0 aliphatic carbocycles. The molecular weight excluding hydrogens is 166 g/mol. The average molecular weight is 189 g/mol. The molecule has 3 N–H and O–H groups in total. The van der Waals surface area contributed by atoms with Gasteiger partial charge >= 0.3 is 0 Å². The highest BCUT2D eigenvalue weighted by Gasteiger charge is 2.17. The van der Waals surface area contributed by atoms with E-state index in [-0.39, 0.29) is 17.6 Å². The van der Waals surface area contributed by atoms with Crippen LogP contribution in [-0.4, -0.2) is 30.5 Å². The molecule has 0 spiro atoms. The zero-order chi connectivity index (χ0) is 10.5. The second-order valence-electron chi connectivity index (χ2n) is 5.11. The van der Waals surface area contributed by atoms with Gasteiger partial charge in [-0.25, -0.2) is 0 Å². The smallest absolute Gasteiger partial charge is 0.0539 e. The van der Waals surface area contributed by atoms with Gasteiger partial charge in [-0.2, -0.15) is 0 Å². The maximum atomic E-state index is 8.95. The SMILES string of the molecule is CC(C)(N)CCOCC(C)(C)CO. The molecule has 80 valence electrons. The van der Waals surface area contributed by atoms with Crippen LogP contribution >= 0.6 is 0 Å². The summed E-state index contributed by atoms with van der Waals surface area (Å²) in [5.41, 5.74) is 5.48. The number of ether oxygens (including phenoxy) is 1. The fraction of sp³-hybridized carbons (Fsp3) is 1.00. The Balaban J connectivity index is 3.47. The Labute approximate surface area is 81.3 Å². The Morgan fingerprint density at radius 3 is 2.15 bits per heavy atom. The predicted molar refractivity (Wildman–Crippen MR) is 54.6 cm³/mol. The minimum atomic E-state index is -0.163. The molecule has 0 aliphatic rings. The molecule has 0 heterocycles. The van der Waals surface area contributed by atoms with Gasteiger partial charge in [0.15, 0.2) is 0 Å². The summed E-state index contributed by atoms with van der Waals surface area (Å²) in [6.07, 6.45) is 0.842. The first-order chi connectivity index (χ1) is 5.77. The van der Waals surface area contributed by atoms with E-state index >= 15 is 0 Å². The summed E-state index contributed by atoms with van der Waals surface area (Å²) < 4.78 is 5.43. The third kappa shape index (κ3) is 8.22. The predicted octanol–water partition coefficient (Wildman–Crippen LogP) is 1.15. The zero-order valence-electron chi connectivity index (χ0n) is 9.26. The summed E-state index contributed by atoms with van der Waals surface area (Å²) in [5.74, 6) is 0. The van der Waals surface area contributed by atoms with Crippen molar-refractivity contribution in [3.05, 3.63) is 0 Å². The normalized spacial score (nSPS) is 13.4. The van der Waals surface area contributed by atoms with Gasteiger partial charge in [-0.15, -0.1) is 0 Å². The van der Waals surface area contributed by atoms with E-state index in [9.17, 15) is 0 Å². The molecule has 0 aromatic heterocycles. The number of aliphatic hydroxyl groups is 1. The molecular formula is C10H23NO2. The third-order valence-corrected chi connectivity index (χ3v) is 1.81. The van der Waals surface area contributed by atoms with Crippen molar-refractivity contribution in [3.63, 3.8) is 0 Å². The van der Waals surface area contributed by atoms with Crippen LogP contribution in [0.2, 0.25) is 0 Å². The van der Waals surface area contributed by atoms with E-state index < -0.39 is 0 Å². The Hall–Kier alpha value is -0.120. The summed E-state index contributed by atoms with van der Waals surface area (Å²) in [6, 6.07) is 0.